The third-order valence-corrected chi connectivity index (χ3v) is 5.02. The lowest BCUT2D eigenvalue weighted by Crippen LogP contribution is -2.39. The lowest BCUT2D eigenvalue weighted by molar-refractivity contribution is -0.146. The van der Waals surface area contributed by atoms with Gasteiger partial charge in [-0.2, -0.15) is 0 Å². The van der Waals surface area contributed by atoms with Gasteiger partial charge in [-0.05, 0) is 35.6 Å². The molecule has 5 heteroatoms. The van der Waals surface area contributed by atoms with Gasteiger partial charge in [-0.15, -0.1) is 0 Å². The second-order valence-electron chi connectivity index (χ2n) is 6.65. The van der Waals surface area contributed by atoms with Crippen LogP contribution in [0.4, 0.5) is 0 Å². The number of rotatable bonds is 6. The Morgan fingerprint density at radius 1 is 1.16 bits per heavy atom. The number of aliphatic hydroxyl groups is 1. The molecule has 0 radical (unpaired) electrons. The highest BCUT2D eigenvalue weighted by molar-refractivity contribution is 5.87. The fourth-order valence-electron chi connectivity index (χ4n) is 3.66. The molecule has 25 heavy (non-hydrogen) atoms. The number of carbonyl (C=O) groups is 2. The zero-order chi connectivity index (χ0) is 17.8. The van der Waals surface area contributed by atoms with E-state index in [1.54, 1.807) is 4.90 Å². The number of hydrogen-bond donors (Lipinski definition) is 2. The molecule has 1 aliphatic rings. The van der Waals surface area contributed by atoms with Crippen LogP contribution >= 0.6 is 0 Å². The second-order valence-corrected chi connectivity index (χ2v) is 6.65. The third-order valence-electron chi connectivity index (χ3n) is 5.02. The van der Waals surface area contributed by atoms with E-state index in [9.17, 15) is 19.8 Å². The molecule has 0 bridgehead atoms. The minimum absolute atomic E-state index is 0.0327. The number of likely N-dealkylation sites (tertiary alicyclic amines) is 1. The maximum Gasteiger partial charge on any atom is 0.307 e. The predicted octanol–water partition coefficient (Wildman–Crippen LogP) is 2.46. The van der Waals surface area contributed by atoms with Crippen molar-refractivity contribution in [3.05, 3.63) is 48.0 Å². The van der Waals surface area contributed by atoms with E-state index in [1.807, 2.05) is 42.5 Å². The van der Waals surface area contributed by atoms with Crippen molar-refractivity contribution in [2.75, 3.05) is 13.2 Å². The Morgan fingerprint density at radius 2 is 1.92 bits per heavy atom. The first-order valence-electron chi connectivity index (χ1n) is 8.70. The third kappa shape index (κ3) is 3.82. The number of benzene rings is 2. The molecule has 0 aromatic heterocycles. The van der Waals surface area contributed by atoms with Crippen molar-refractivity contribution in [1.29, 1.82) is 0 Å². The molecule has 0 aliphatic carbocycles. The van der Waals surface area contributed by atoms with Crippen molar-refractivity contribution in [3.8, 4) is 0 Å². The number of fused-ring (bicyclic) bond motifs is 1. The maximum atomic E-state index is 12.5. The fraction of sp³-hybridized carbons (Fsp3) is 0.400. The summed E-state index contributed by atoms with van der Waals surface area (Å²) in [6.45, 7) is 0.539. The highest BCUT2D eigenvalue weighted by Crippen LogP contribution is 2.25. The standard InChI is InChI=1S/C20H23NO4/c22-13-17-8-4-10-21(17)19(23)12-16(20(24)25)11-15-7-3-6-14-5-1-2-9-18(14)15/h1-3,5-7,9,16-17,22H,4,8,10-13H2,(H,24,25)/t16?,17-/m0/s1. The van der Waals surface area contributed by atoms with Crippen molar-refractivity contribution in [2.45, 2.75) is 31.7 Å². The van der Waals surface area contributed by atoms with Gasteiger partial charge in [-0.1, -0.05) is 42.5 Å². The van der Waals surface area contributed by atoms with Crippen LogP contribution in [0.1, 0.15) is 24.8 Å². The fourth-order valence-corrected chi connectivity index (χ4v) is 3.66. The number of hydrogen-bond acceptors (Lipinski definition) is 3. The number of carboxylic acids is 1. The van der Waals surface area contributed by atoms with Crippen LogP contribution in [0.25, 0.3) is 10.8 Å². The molecule has 2 aromatic rings. The number of amides is 1. The summed E-state index contributed by atoms with van der Waals surface area (Å²) in [6, 6.07) is 13.5. The van der Waals surface area contributed by atoms with Crippen LogP contribution in [0.5, 0.6) is 0 Å². The summed E-state index contributed by atoms with van der Waals surface area (Å²) >= 11 is 0. The smallest absolute Gasteiger partial charge is 0.307 e. The topological polar surface area (TPSA) is 77.8 Å². The Balaban J connectivity index is 1.77. The van der Waals surface area contributed by atoms with Crippen LogP contribution in [-0.2, 0) is 16.0 Å². The molecular formula is C20H23NO4. The molecule has 1 aliphatic heterocycles. The number of aliphatic hydroxyl groups excluding tert-OH is 1. The van der Waals surface area contributed by atoms with Crippen LogP contribution in [0.15, 0.2) is 42.5 Å². The van der Waals surface area contributed by atoms with Crippen molar-refractivity contribution in [1.82, 2.24) is 4.90 Å². The first-order valence-corrected chi connectivity index (χ1v) is 8.70. The van der Waals surface area contributed by atoms with E-state index in [2.05, 4.69) is 0 Å². The summed E-state index contributed by atoms with van der Waals surface area (Å²) in [5.74, 6) is -1.90. The van der Waals surface area contributed by atoms with Gasteiger partial charge in [0.15, 0.2) is 0 Å². The first-order chi connectivity index (χ1) is 12.1. The van der Waals surface area contributed by atoms with Crippen LogP contribution in [0.3, 0.4) is 0 Å². The van der Waals surface area contributed by atoms with Gasteiger partial charge in [0.25, 0.3) is 0 Å². The predicted molar refractivity (Wildman–Crippen MR) is 95.2 cm³/mol. The van der Waals surface area contributed by atoms with Crippen molar-refractivity contribution < 1.29 is 19.8 Å². The maximum absolute atomic E-state index is 12.5. The van der Waals surface area contributed by atoms with E-state index in [0.717, 1.165) is 29.2 Å². The minimum atomic E-state index is -0.957. The van der Waals surface area contributed by atoms with Crippen LogP contribution < -0.4 is 0 Å². The zero-order valence-corrected chi connectivity index (χ0v) is 14.1. The number of carboxylic acid groups (broad SMARTS) is 1. The van der Waals surface area contributed by atoms with Gasteiger partial charge < -0.3 is 15.1 Å². The first kappa shape index (κ1) is 17.4. The second kappa shape index (κ2) is 7.66. The molecule has 0 spiro atoms. The summed E-state index contributed by atoms with van der Waals surface area (Å²) in [6.07, 6.45) is 1.93. The van der Waals surface area contributed by atoms with Crippen molar-refractivity contribution in [2.24, 2.45) is 5.92 Å². The normalized spacial score (nSPS) is 18.4. The molecule has 1 heterocycles. The van der Waals surface area contributed by atoms with E-state index in [4.69, 9.17) is 0 Å². The quantitative estimate of drug-likeness (QED) is 0.846. The van der Waals surface area contributed by atoms with Gasteiger partial charge >= 0.3 is 5.97 Å². The largest absolute Gasteiger partial charge is 0.481 e. The van der Waals surface area contributed by atoms with Gasteiger partial charge in [0.2, 0.25) is 5.91 Å². The molecule has 1 saturated heterocycles. The van der Waals surface area contributed by atoms with Gasteiger partial charge in [-0.3, -0.25) is 9.59 Å². The van der Waals surface area contributed by atoms with Crippen LogP contribution in [-0.4, -0.2) is 46.2 Å². The zero-order valence-electron chi connectivity index (χ0n) is 14.1. The highest BCUT2D eigenvalue weighted by atomic mass is 16.4. The molecular weight excluding hydrogens is 318 g/mol. The number of aliphatic carboxylic acids is 1. The minimum Gasteiger partial charge on any atom is -0.481 e. The number of carbonyl (C=O) groups excluding carboxylic acids is 1. The van der Waals surface area contributed by atoms with Gasteiger partial charge in [-0.25, -0.2) is 0 Å². The molecule has 2 N–H and O–H groups in total. The lowest BCUT2D eigenvalue weighted by Gasteiger charge is -2.24. The molecule has 1 fully saturated rings. The Morgan fingerprint density at radius 3 is 2.68 bits per heavy atom. The summed E-state index contributed by atoms with van der Waals surface area (Å²) in [7, 11) is 0. The average molecular weight is 341 g/mol. The summed E-state index contributed by atoms with van der Waals surface area (Å²) in [5.41, 5.74) is 0.943. The Kier molecular flexibility index (Phi) is 5.34. The lowest BCUT2D eigenvalue weighted by atomic mass is 9.92. The van der Waals surface area contributed by atoms with Crippen molar-refractivity contribution >= 4 is 22.6 Å². The van der Waals surface area contributed by atoms with Crippen LogP contribution in [0, 0.1) is 5.92 Å². The molecule has 3 rings (SSSR count). The molecule has 1 unspecified atom stereocenters. The molecule has 132 valence electrons. The molecule has 2 atom stereocenters. The molecule has 5 nitrogen and oxygen atoms in total. The number of nitrogens with zero attached hydrogens (tertiary/aromatic N) is 1. The SMILES string of the molecule is O=C(O)C(CC(=O)N1CCC[C@H]1CO)Cc1cccc2ccccc12. The van der Waals surface area contributed by atoms with Crippen molar-refractivity contribution in [3.63, 3.8) is 0 Å². The summed E-state index contributed by atoms with van der Waals surface area (Å²) in [5, 5.41) is 21.1. The van der Waals surface area contributed by atoms with Gasteiger partial charge in [0, 0.05) is 13.0 Å². The van der Waals surface area contributed by atoms with E-state index in [-0.39, 0.29) is 25.0 Å². The molecule has 2 aromatic carbocycles. The summed E-state index contributed by atoms with van der Waals surface area (Å²) in [4.78, 5) is 25.9. The van der Waals surface area contributed by atoms with E-state index < -0.39 is 11.9 Å². The Bertz CT molecular complexity index is 768. The molecule has 1 amide bonds. The Hall–Kier alpha value is -2.40. The van der Waals surface area contributed by atoms with Gasteiger partial charge in [0.05, 0.1) is 18.6 Å². The summed E-state index contributed by atoms with van der Waals surface area (Å²) < 4.78 is 0. The molecule has 0 saturated carbocycles. The monoisotopic (exact) mass is 341 g/mol. The van der Waals surface area contributed by atoms with Crippen LogP contribution in [0.2, 0.25) is 0 Å². The van der Waals surface area contributed by atoms with E-state index in [1.165, 1.54) is 0 Å². The van der Waals surface area contributed by atoms with Gasteiger partial charge in [0.1, 0.15) is 0 Å². The van der Waals surface area contributed by atoms with E-state index >= 15 is 0 Å². The van der Waals surface area contributed by atoms with E-state index in [0.29, 0.717) is 13.0 Å². The average Bonchev–Trinajstić information content (AvgIpc) is 3.10. The highest BCUT2D eigenvalue weighted by Gasteiger charge is 2.31. The Labute approximate surface area is 146 Å².